The van der Waals surface area contributed by atoms with E-state index in [0.717, 1.165) is 36.3 Å². The minimum atomic E-state index is 0.136. The summed E-state index contributed by atoms with van der Waals surface area (Å²) in [7, 11) is 1.65. The number of ether oxygens (including phenoxy) is 2. The van der Waals surface area contributed by atoms with E-state index in [1.54, 1.807) is 7.11 Å². The van der Waals surface area contributed by atoms with E-state index in [2.05, 4.69) is 19.2 Å². The molecule has 37 heavy (non-hydrogen) atoms. The van der Waals surface area contributed by atoms with Gasteiger partial charge >= 0.3 is 0 Å². The van der Waals surface area contributed by atoms with Crippen LogP contribution in [0.1, 0.15) is 154 Å². The Morgan fingerprint density at radius 2 is 1.14 bits per heavy atom. The first-order valence-electron chi connectivity index (χ1n) is 15.8. The van der Waals surface area contributed by atoms with Crippen molar-refractivity contribution in [3.05, 3.63) is 23.8 Å². The van der Waals surface area contributed by atoms with E-state index in [1.165, 1.54) is 109 Å². The number of rotatable bonds is 26. The Balaban J connectivity index is 1.89. The van der Waals surface area contributed by atoms with Gasteiger partial charge in [-0.1, -0.05) is 135 Å². The molecule has 1 aromatic rings. The minimum absolute atomic E-state index is 0.136. The van der Waals surface area contributed by atoms with Gasteiger partial charge in [-0.2, -0.15) is 0 Å². The standard InChI is InChI=1S/C33H59NO3/c1-4-6-7-8-9-10-11-12-13-14-15-16-17-18-19-20-21-22-23-24-33(35)34-29-30-25-26-31(37-27-5-2)32(28-30)36-3/h25-26,28H,4-24,27,29H2,1-3H3,(H,34,35). The van der Waals surface area contributed by atoms with Gasteiger partial charge in [-0.05, 0) is 30.5 Å². The predicted octanol–water partition coefficient (Wildman–Crippen LogP) is 9.92. The molecule has 0 spiro atoms. The molecule has 0 atom stereocenters. The molecule has 4 heteroatoms. The Labute approximate surface area is 229 Å². The van der Waals surface area contributed by atoms with Crippen LogP contribution in [0.4, 0.5) is 0 Å². The van der Waals surface area contributed by atoms with Crippen LogP contribution in [-0.2, 0) is 11.3 Å². The largest absolute Gasteiger partial charge is 0.493 e. The van der Waals surface area contributed by atoms with Crippen LogP contribution in [0, 0.1) is 0 Å². The number of carbonyl (C=O) groups is 1. The predicted molar refractivity (Wildman–Crippen MR) is 159 cm³/mol. The van der Waals surface area contributed by atoms with Gasteiger partial charge in [-0.15, -0.1) is 0 Å². The van der Waals surface area contributed by atoms with Crippen LogP contribution in [0.5, 0.6) is 11.5 Å². The fourth-order valence-electron chi connectivity index (χ4n) is 4.81. The molecule has 0 heterocycles. The molecule has 1 aromatic carbocycles. The molecule has 0 saturated heterocycles. The highest BCUT2D eigenvalue weighted by atomic mass is 16.5. The lowest BCUT2D eigenvalue weighted by Gasteiger charge is -2.12. The molecular formula is C33H59NO3. The first kappa shape index (κ1) is 33.3. The molecule has 0 saturated carbocycles. The lowest BCUT2D eigenvalue weighted by Crippen LogP contribution is -2.22. The normalized spacial score (nSPS) is 11.0. The molecule has 0 aliphatic rings. The zero-order valence-electron chi connectivity index (χ0n) is 24.7. The smallest absolute Gasteiger partial charge is 0.220 e. The van der Waals surface area contributed by atoms with E-state index < -0.39 is 0 Å². The van der Waals surface area contributed by atoms with Crippen LogP contribution in [-0.4, -0.2) is 19.6 Å². The van der Waals surface area contributed by atoms with Crippen molar-refractivity contribution in [2.24, 2.45) is 0 Å². The number of nitrogens with one attached hydrogen (secondary N) is 1. The lowest BCUT2D eigenvalue weighted by atomic mass is 10.0. The lowest BCUT2D eigenvalue weighted by molar-refractivity contribution is -0.121. The number of hydrogen-bond donors (Lipinski definition) is 1. The van der Waals surface area contributed by atoms with Crippen LogP contribution in [0.3, 0.4) is 0 Å². The zero-order valence-corrected chi connectivity index (χ0v) is 24.7. The quantitative estimate of drug-likeness (QED) is 0.124. The summed E-state index contributed by atoms with van der Waals surface area (Å²) in [5, 5.41) is 3.04. The van der Waals surface area contributed by atoms with Gasteiger partial charge in [0.25, 0.3) is 0 Å². The second kappa shape index (κ2) is 24.6. The Hall–Kier alpha value is -1.71. The molecule has 1 rings (SSSR count). The van der Waals surface area contributed by atoms with Gasteiger partial charge in [0.1, 0.15) is 0 Å². The molecule has 214 valence electrons. The molecule has 0 radical (unpaired) electrons. The third-order valence-electron chi connectivity index (χ3n) is 7.19. The molecule has 0 unspecified atom stereocenters. The molecular weight excluding hydrogens is 458 g/mol. The summed E-state index contributed by atoms with van der Waals surface area (Å²) in [4.78, 5) is 12.2. The second-order valence-electron chi connectivity index (χ2n) is 10.7. The van der Waals surface area contributed by atoms with Gasteiger partial charge in [0.05, 0.1) is 13.7 Å². The summed E-state index contributed by atoms with van der Waals surface area (Å²) in [5.74, 6) is 1.62. The number of unbranched alkanes of at least 4 members (excludes halogenated alkanes) is 18. The third kappa shape index (κ3) is 19.1. The summed E-state index contributed by atoms with van der Waals surface area (Å²) < 4.78 is 11.1. The monoisotopic (exact) mass is 517 g/mol. The Morgan fingerprint density at radius 3 is 1.59 bits per heavy atom. The van der Waals surface area contributed by atoms with E-state index in [0.29, 0.717) is 19.6 Å². The third-order valence-corrected chi connectivity index (χ3v) is 7.19. The SMILES string of the molecule is CCCCCCCCCCCCCCCCCCCCCC(=O)NCc1ccc(OCCC)c(OC)c1. The number of carbonyl (C=O) groups excluding carboxylic acids is 1. The van der Waals surface area contributed by atoms with Gasteiger partial charge in [0.15, 0.2) is 11.5 Å². The Bertz CT molecular complexity index is 661. The highest BCUT2D eigenvalue weighted by molar-refractivity contribution is 5.75. The molecule has 4 nitrogen and oxygen atoms in total. The average Bonchev–Trinajstić information content (AvgIpc) is 2.92. The summed E-state index contributed by atoms with van der Waals surface area (Å²) in [6.45, 7) is 5.57. The van der Waals surface area contributed by atoms with Crippen LogP contribution < -0.4 is 14.8 Å². The van der Waals surface area contributed by atoms with Crippen molar-refractivity contribution in [2.45, 2.75) is 155 Å². The molecule has 0 aliphatic heterocycles. The first-order valence-corrected chi connectivity index (χ1v) is 15.8. The van der Waals surface area contributed by atoms with Gasteiger partial charge in [-0.3, -0.25) is 4.79 Å². The van der Waals surface area contributed by atoms with E-state index in [1.807, 2.05) is 18.2 Å². The van der Waals surface area contributed by atoms with Crippen molar-refractivity contribution in [1.29, 1.82) is 0 Å². The van der Waals surface area contributed by atoms with Crippen LogP contribution in [0.25, 0.3) is 0 Å². The molecule has 0 aliphatic carbocycles. The van der Waals surface area contributed by atoms with Gasteiger partial charge in [0.2, 0.25) is 5.91 Å². The maximum Gasteiger partial charge on any atom is 0.220 e. The molecule has 0 bridgehead atoms. The van der Waals surface area contributed by atoms with Crippen molar-refractivity contribution >= 4 is 5.91 Å². The fourth-order valence-corrected chi connectivity index (χ4v) is 4.81. The van der Waals surface area contributed by atoms with Gasteiger partial charge in [-0.25, -0.2) is 0 Å². The summed E-state index contributed by atoms with van der Waals surface area (Å²) in [6.07, 6.45) is 27.6. The van der Waals surface area contributed by atoms with Crippen LogP contribution in [0.15, 0.2) is 18.2 Å². The van der Waals surface area contributed by atoms with Crippen LogP contribution in [0.2, 0.25) is 0 Å². The highest BCUT2D eigenvalue weighted by Gasteiger charge is 2.07. The summed E-state index contributed by atoms with van der Waals surface area (Å²) >= 11 is 0. The molecule has 1 N–H and O–H groups in total. The molecule has 0 aromatic heterocycles. The topological polar surface area (TPSA) is 47.6 Å². The van der Waals surface area contributed by atoms with Crippen molar-refractivity contribution in [2.75, 3.05) is 13.7 Å². The summed E-state index contributed by atoms with van der Waals surface area (Å²) in [5.41, 5.74) is 1.03. The van der Waals surface area contributed by atoms with Gasteiger partial charge in [0, 0.05) is 13.0 Å². The summed E-state index contributed by atoms with van der Waals surface area (Å²) in [6, 6.07) is 5.86. The minimum Gasteiger partial charge on any atom is -0.493 e. The maximum atomic E-state index is 12.2. The number of methoxy groups -OCH3 is 1. The molecule has 0 fully saturated rings. The first-order chi connectivity index (χ1) is 18.2. The Morgan fingerprint density at radius 1 is 0.649 bits per heavy atom. The van der Waals surface area contributed by atoms with Crippen molar-refractivity contribution in [3.8, 4) is 11.5 Å². The number of benzene rings is 1. The maximum absolute atomic E-state index is 12.2. The fraction of sp³-hybridized carbons (Fsp3) is 0.788. The average molecular weight is 518 g/mol. The zero-order chi connectivity index (χ0) is 26.8. The molecule has 1 amide bonds. The Kier molecular flexibility index (Phi) is 22.2. The van der Waals surface area contributed by atoms with E-state index in [9.17, 15) is 4.79 Å². The van der Waals surface area contributed by atoms with Crippen LogP contribution >= 0.6 is 0 Å². The van der Waals surface area contributed by atoms with E-state index in [4.69, 9.17) is 9.47 Å². The van der Waals surface area contributed by atoms with E-state index >= 15 is 0 Å². The highest BCUT2D eigenvalue weighted by Crippen LogP contribution is 2.28. The number of hydrogen-bond acceptors (Lipinski definition) is 3. The van der Waals surface area contributed by atoms with E-state index in [-0.39, 0.29) is 5.91 Å². The van der Waals surface area contributed by atoms with Gasteiger partial charge < -0.3 is 14.8 Å². The van der Waals surface area contributed by atoms with Crippen molar-refractivity contribution in [1.82, 2.24) is 5.32 Å². The van der Waals surface area contributed by atoms with Crippen molar-refractivity contribution < 1.29 is 14.3 Å². The second-order valence-corrected chi connectivity index (χ2v) is 10.7. The van der Waals surface area contributed by atoms with Crippen molar-refractivity contribution in [3.63, 3.8) is 0 Å². The number of amides is 1.